The van der Waals surface area contributed by atoms with Crippen LogP contribution in [0.5, 0.6) is 11.5 Å². The van der Waals surface area contributed by atoms with Gasteiger partial charge in [-0.05, 0) is 17.7 Å². The molecular weight excluding hydrogens is 378 g/mol. The highest BCUT2D eigenvalue weighted by Crippen LogP contribution is 2.29. The maximum atomic E-state index is 12.4. The van der Waals surface area contributed by atoms with Crippen LogP contribution >= 0.6 is 0 Å². The number of sulfonamides is 1. The Kier molecular flexibility index (Phi) is 6.63. The fraction of sp³-hybridized carbons (Fsp3) is 0.294. The highest BCUT2D eigenvalue weighted by molar-refractivity contribution is 7.91. The SMILES string of the molecule is COc1ccc(S(=O)(=O)CCNS(=O)(=O)Cc2ccccc2)cc1OC. The summed E-state index contributed by atoms with van der Waals surface area (Å²) >= 11 is 0. The van der Waals surface area contributed by atoms with Crippen LogP contribution in [0.1, 0.15) is 5.56 Å². The number of sulfone groups is 1. The summed E-state index contributed by atoms with van der Waals surface area (Å²) in [6.07, 6.45) is 0. The molecule has 0 aliphatic heterocycles. The smallest absolute Gasteiger partial charge is 0.215 e. The zero-order chi connectivity index (χ0) is 19.2. The van der Waals surface area contributed by atoms with Crippen LogP contribution in [0, 0.1) is 0 Å². The second-order valence-electron chi connectivity index (χ2n) is 5.47. The Hall–Kier alpha value is -2.10. The van der Waals surface area contributed by atoms with Gasteiger partial charge in [-0.15, -0.1) is 0 Å². The summed E-state index contributed by atoms with van der Waals surface area (Å²) in [5.74, 6) is 0.133. The molecule has 0 unspecified atom stereocenters. The molecule has 7 nitrogen and oxygen atoms in total. The van der Waals surface area contributed by atoms with Crippen molar-refractivity contribution in [1.82, 2.24) is 4.72 Å². The number of nitrogens with one attached hydrogen (secondary N) is 1. The van der Waals surface area contributed by atoms with Crippen molar-refractivity contribution in [2.75, 3.05) is 26.5 Å². The molecule has 2 aromatic rings. The maximum absolute atomic E-state index is 12.4. The van der Waals surface area contributed by atoms with E-state index < -0.39 is 19.9 Å². The van der Waals surface area contributed by atoms with E-state index in [2.05, 4.69) is 4.72 Å². The first kappa shape index (κ1) is 20.2. The highest BCUT2D eigenvalue weighted by Gasteiger charge is 2.19. The molecule has 0 atom stereocenters. The van der Waals surface area contributed by atoms with Crippen LogP contribution in [-0.2, 0) is 25.6 Å². The zero-order valence-electron chi connectivity index (χ0n) is 14.5. The largest absolute Gasteiger partial charge is 0.493 e. The lowest BCUT2D eigenvalue weighted by atomic mass is 10.2. The first-order chi connectivity index (χ1) is 12.3. The summed E-state index contributed by atoms with van der Waals surface area (Å²) in [6, 6.07) is 12.9. The van der Waals surface area contributed by atoms with Gasteiger partial charge >= 0.3 is 0 Å². The molecule has 0 saturated carbocycles. The molecule has 0 bridgehead atoms. The number of hydrogen-bond acceptors (Lipinski definition) is 6. The molecule has 0 aliphatic carbocycles. The molecule has 0 radical (unpaired) electrons. The van der Waals surface area contributed by atoms with E-state index in [1.807, 2.05) is 0 Å². The summed E-state index contributed by atoms with van der Waals surface area (Å²) in [7, 11) is -4.44. The molecule has 0 aromatic heterocycles. The van der Waals surface area contributed by atoms with E-state index in [1.165, 1.54) is 32.4 Å². The molecule has 0 aliphatic rings. The normalized spacial score (nSPS) is 11.9. The Bertz CT molecular complexity index is 940. The van der Waals surface area contributed by atoms with Crippen LogP contribution < -0.4 is 14.2 Å². The third-order valence-corrected chi connectivity index (χ3v) is 6.68. The Morgan fingerprint density at radius 2 is 1.54 bits per heavy atom. The van der Waals surface area contributed by atoms with Crippen molar-refractivity contribution in [3.63, 3.8) is 0 Å². The van der Waals surface area contributed by atoms with Crippen molar-refractivity contribution in [1.29, 1.82) is 0 Å². The Morgan fingerprint density at radius 3 is 2.15 bits per heavy atom. The van der Waals surface area contributed by atoms with Gasteiger partial charge in [0.2, 0.25) is 10.0 Å². The molecule has 1 N–H and O–H groups in total. The second kappa shape index (κ2) is 8.52. The van der Waals surface area contributed by atoms with Crippen molar-refractivity contribution in [2.24, 2.45) is 0 Å². The Morgan fingerprint density at radius 1 is 0.885 bits per heavy atom. The van der Waals surface area contributed by atoms with E-state index in [0.29, 0.717) is 17.1 Å². The van der Waals surface area contributed by atoms with Gasteiger partial charge in [0.25, 0.3) is 0 Å². The lowest BCUT2D eigenvalue weighted by Gasteiger charge is -2.11. The van der Waals surface area contributed by atoms with Gasteiger partial charge in [0.1, 0.15) is 0 Å². The van der Waals surface area contributed by atoms with E-state index >= 15 is 0 Å². The highest BCUT2D eigenvalue weighted by atomic mass is 32.2. The lowest BCUT2D eigenvalue weighted by Crippen LogP contribution is -2.30. The molecule has 9 heteroatoms. The van der Waals surface area contributed by atoms with Crippen LogP contribution in [0.2, 0.25) is 0 Å². The molecule has 142 valence electrons. The molecule has 0 spiro atoms. The van der Waals surface area contributed by atoms with E-state index in [9.17, 15) is 16.8 Å². The second-order valence-corrected chi connectivity index (χ2v) is 9.39. The van der Waals surface area contributed by atoms with E-state index in [-0.39, 0.29) is 22.9 Å². The van der Waals surface area contributed by atoms with Crippen molar-refractivity contribution >= 4 is 19.9 Å². The molecule has 26 heavy (non-hydrogen) atoms. The van der Waals surface area contributed by atoms with Gasteiger partial charge in [-0.2, -0.15) is 0 Å². The number of hydrogen-bond donors (Lipinski definition) is 1. The Balaban J connectivity index is 2.02. The predicted octanol–water partition coefficient (Wildman–Crippen LogP) is 1.60. The predicted molar refractivity (Wildman–Crippen MR) is 98.7 cm³/mol. The van der Waals surface area contributed by atoms with E-state index in [1.54, 1.807) is 30.3 Å². The molecule has 0 saturated heterocycles. The van der Waals surface area contributed by atoms with E-state index in [0.717, 1.165) is 0 Å². The molecule has 0 heterocycles. The summed E-state index contributed by atoms with van der Waals surface area (Å²) in [5.41, 5.74) is 0.628. The van der Waals surface area contributed by atoms with Crippen molar-refractivity contribution in [3.05, 3.63) is 54.1 Å². The van der Waals surface area contributed by atoms with Crippen LogP contribution in [0.15, 0.2) is 53.4 Å². The van der Waals surface area contributed by atoms with Crippen LogP contribution in [0.4, 0.5) is 0 Å². The summed E-state index contributed by atoms with van der Waals surface area (Å²) in [4.78, 5) is 0.0393. The van der Waals surface area contributed by atoms with Crippen molar-refractivity contribution in [3.8, 4) is 11.5 Å². The number of benzene rings is 2. The number of methoxy groups -OCH3 is 2. The third-order valence-electron chi connectivity index (χ3n) is 3.61. The fourth-order valence-electron chi connectivity index (χ4n) is 2.30. The molecule has 2 rings (SSSR count). The minimum atomic E-state index is -3.68. The van der Waals surface area contributed by atoms with Crippen molar-refractivity contribution < 1.29 is 26.3 Å². The number of rotatable bonds is 9. The summed E-state index contributed by atoms with van der Waals surface area (Å²) in [5, 5.41) is 0. The fourth-order valence-corrected chi connectivity index (χ4v) is 4.75. The third kappa shape index (κ3) is 5.45. The molecule has 0 amide bonds. The molecule has 2 aromatic carbocycles. The summed E-state index contributed by atoms with van der Waals surface area (Å²) < 4.78 is 61.4. The molecule has 0 fully saturated rings. The quantitative estimate of drug-likeness (QED) is 0.688. The van der Waals surface area contributed by atoms with Gasteiger partial charge in [-0.3, -0.25) is 0 Å². The van der Waals surface area contributed by atoms with Gasteiger partial charge in [-0.25, -0.2) is 21.6 Å². The Labute approximate surface area is 153 Å². The van der Waals surface area contributed by atoms with Crippen molar-refractivity contribution in [2.45, 2.75) is 10.6 Å². The number of ether oxygens (including phenoxy) is 2. The maximum Gasteiger partial charge on any atom is 0.215 e. The lowest BCUT2D eigenvalue weighted by molar-refractivity contribution is 0.354. The monoisotopic (exact) mass is 399 g/mol. The average molecular weight is 399 g/mol. The van der Waals surface area contributed by atoms with Gasteiger partial charge in [-0.1, -0.05) is 30.3 Å². The van der Waals surface area contributed by atoms with E-state index in [4.69, 9.17) is 9.47 Å². The van der Waals surface area contributed by atoms with Gasteiger partial charge < -0.3 is 9.47 Å². The standard InChI is InChI=1S/C17H21NO6S2/c1-23-16-9-8-15(12-17(16)24-2)25(19,20)11-10-18-26(21,22)13-14-6-4-3-5-7-14/h3-9,12,18H,10-11,13H2,1-2H3. The molecular formula is C17H21NO6S2. The first-order valence-electron chi connectivity index (χ1n) is 7.73. The van der Waals surface area contributed by atoms with Crippen LogP contribution in [-0.4, -0.2) is 43.4 Å². The van der Waals surface area contributed by atoms with Crippen LogP contribution in [0.25, 0.3) is 0 Å². The summed E-state index contributed by atoms with van der Waals surface area (Å²) in [6.45, 7) is -0.216. The average Bonchev–Trinajstić information content (AvgIpc) is 2.61. The van der Waals surface area contributed by atoms with Gasteiger partial charge in [0, 0.05) is 12.6 Å². The van der Waals surface area contributed by atoms with Gasteiger partial charge in [0.05, 0.1) is 30.6 Å². The first-order valence-corrected chi connectivity index (χ1v) is 11.0. The van der Waals surface area contributed by atoms with Crippen LogP contribution in [0.3, 0.4) is 0 Å². The zero-order valence-corrected chi connectivity index (χ0v) is 16.1. The van der Waals surface area contributed by atoms with Gasteiger partial charge in [0.15, 0.2) is 21.3 Å². The minimum Gasteiger partial charge on any atom is -0.493 e. The topological polar surface area (TPSA) is 98.8 Å². The minimum absolute atomic E-state index is 0.0393.